The molecule has 0 fully saturated rings. The highest BCUT2D eigenvalue weighted by atomic mass is 16.6. The molecular weight excluding hydrogens is 336 g/mol. The average Bonchev–Trinajstić information content (AvgIpc) is 2.68. The minimum atomic E-state index is -0.450. The van der Waals surface area contributed by atoms with E-state index in [-0.39, 0.29) is 6.61 Å². The number of esters is 1. The number of carbonyl (C=O) groups is 1. The van der Waals surface area contributed by atoms with Gasteiger partial charge in [0, 0.05) is 11.5 Å². The molecule has 140 valence electrons. The number of fused-ring (bicyclic) bond motifs is 1. The minimum Gasteiger partial charge on any atom is -0.496 e. The molecule has 0 aliphatic rings. The van der Waals surface area contributed by atoms with Crippen molar-refractivity contribution in [3.8, 4) is 11.5 Å². The van der Waals surface area contributed by atoms with Crippen LogP contribution in [0, 0.1) is 0 Å². The second kappa shape index (κ2) is 11.1. The molecule has 0 aliphatic carbocycles. The Labute approximate surface area is 153 Å². The molecule has 0 radical (unpaired) electrons. The number of hydrogen-bond acceptors (Lipinski definition) is 6. The van der Waals surface area contributed by atoms with E-state index in [1.165, 1.54) is 0 Å². The Morgan fingerprint density at radius 1 is 1.00 bits per heavy atom. The van der Waals surface area contributed by atoms with E-state index < -0.39 is 5.97 Å². The topological polar surface area (TPSA) is 63.2 Å². The molecule has 0 N–H and O–H groups in total. The molecule has 0 saturated heterocycles. The van der Waals surface area contributed by atoms with Crippen molar-refractivity contribution in [2.24, 2.45) is 0 Å². The standard InChI is InChI=1S/C20H24O6/c1-3-20(21)26-14-12-24-10-9-23-11-13-25-17-7-8-18-16(15-17)5-4-6-19(18)22-2/h3-8,15H,1,9-14H2,2H3. The lowest BCUT2D eigenvalue weighted by atomic mass is 10.1. The minimum absolute atomic E-state index is 0.209. The Bertz CT molecular complexity index is 713. The van der Waals surface area contributed by atoms with Crippen LogP contribution in [-0.4, -0.2) is 52.7 Å². The van der Waals surface area contributed by atoms with Gasteiger partial charge in [0.25, 0.3) is 0 Å². The molecule has 0 amide bonds. The number of hydrogen-bond donors (Lipinski definition) is 0. The number of methoxy groups -OCH3 is 1. The summed E-state index contributed by atoms with van der Waals surface area (Å²) in [5.41, 5.74) is 0. The first-order chi connectivity index (χ1) is 12.7. The van der Waals surface area contributed by atoms with Crippen molar-refractivity contribution in [1.82, 2.24) is 0 Å². The smallest absolute Gasteiger partial charge is 0.330 e. The molecule has 0 aliphatic heterocycles. The molecule has 0 heterocycles. The van der Waals surface area contributed by atoms with E-state index in [4.69, 9.17) is 23.7 Å². The highest BCUT2D eigenvalue weighted by Gasteiger charge is 2.02. The molecular formula is C20H24O6. The van der Waals surface area contributed by atoms with Gasteiger partial charge in [-0.15, -0.1) is 0 Å². The van der Waals surface area contributed by atoms with E-state index in [1.54, 1.807) is 7.11 Å². The second-order valence-corrected chi connectivity index (χ2v) is 5.29. The average molecular weight is 360 g/mol. The molecule has 0 unspecified atom stereocenters. The van der Waals surface area contributed by atoms with Gasteiger partial charge in [-0.2, -0.15) is 0 Å². The van der Waals surface area contributed by atoms with Crippen molar-refractivity contribution in [3.05, 3.63) is 49.1 Å². The molecule has 0 bridgehead atoms. The van der Waals surface area contributed by atoms with Crippen molar-refractivity contribution in [2.75, 3.05) is 46.8 Å². The maximum absolute atomic E-state index is 10.8. The third kappa shape index (κ3) is 6.38. The van der Waals surface area contributed by atoms with Gasteiger partial charge in [0.05, 0.1) is 33.5 Å². The summed E-state index contributed by atoms with van der Waals surface area (Å²) < 4.78 is 26.5. The predicted molar refractivity (Wildman–Crippen MR) is 98.8 cm³/mol. The van der Waals surface area contributed by atoms with Gasteiger partial charge in [0.2, 0.25) is 0 Å². The Hall–Kier alpha value is -2.57. The van der Waals surface area contributed by atoms with Crippen LogP contribution in [0.2, 0.25) is 0 Å². The van der Waals surface area contributed by atoms with Crippen LogP contribution < -0.4 is 9.47 Å². The van der Waals surface area contributed by atoms with Gasteiger partial charge in [0.1, 0.15) is 24.7 Å². The van der Waals surface area contributed by atoms with Gasteiger partial charge in [0.15, 0.2) is 0 Å². The van der Waals surface area contributed by atoms with E-state index in [9.17, 15) is 4.79 Å². The number of benzene rings is 2. The monoisotopic (exact) mass is 360 g/mol. The quantitative estimate of drug-likeness (QED) is 0.329. The summed E-state index contributed by atoms with van der Waals surface area (Å²) in [6, 6.07) is 11.8. The second-order valence-electron chi connectivity index (χ2n) is 5.29. The first-order valence-electron chi connectivity index (χ1n) is 8.39. The van der Waals surface area contributed by atoms with Crippen LogP contribution in [0.15, 0.2) is 49.1 Å². The first-order valence-corrected chi connectivity index (χ1v) is 8.39. The van der Waals surface area contributed by atoms with E-state index in [2.05, 4.69) is 6.58 Å². The van der Waals surface area contributed by atoms with Gasteiger partial charge in [-0.25, -0.2) is 4.79 Å². The van der Waals surface area contributed by atoms with Crippen molar-refractivity contribution in [3.63, 3.8) is 0 Å². The van der Waals surface area contributed by atoms with E-state index >= 15 is 0 Å². The van der Waals surface area contributed by atoms with Crippen LogP contribution >= 0.6 is 0 Å². The molecule has 2 rings (SSSR count). The SMILES string of the molecule is C=CC(=O)OCCOCCOCCOc1ccc2c(OC)cccc2c1. The summed E-state index contributed by atoms with van der Waals surface area (Å²) in [6.07, 6.45) is 1.12. The summed E-state index contributed by atoms with van der Waals surface area (Å²) in [4.78, 5) is 10.8. The molecule has 6 nitrogen and oxygen atoms in total. The van der Waals surface area contributed by atoms with Crippen molar-refractivity contribution in [1.29, 1.82) is 0 Å². The lowest BCUT2D eigenvalue weighted by Gasteiger charge is -2.10. The third-order valence-corrected chi connectivity index (χ3v) is 3.54. The first kappa shape index (κ1) is 19.8. The molecule has 26 heavy (non-hydrogen) atoms. The molecule has 0 atom stereocenters. The fraction of sp³-hybridized carbons (Fsp3) is 0.350. The number of ether oxygens (including phenoxy) is 5. The largest absolute Gasteiger partial charge is 0.496 e. The Morgan fingerprint density at radius 3 is 2.46 bits per heavy atom. The van der Waals surface area contributed by atoms with Gasteiger partial charge in [-0.05, 0) is 29.7 Å². The van der Waals surface area contributed by atoms with Crippen molar-refractivity contribution in [2.45, 2.75) is 0 Å². The van der Waals surface area contributed by atoms with Crippen molar-refractivity contribution < 1.29 is 28.5 Å². The summed E-state index contributed by atoms with van der Waals surface area (Å²) >= 11 is 0. The maximum atomic E-state index is 10.8. The maximum Gasteiger partial charge on any atom is 0.330 e. The normalized spacial score (nSPS) is 10.5. The number of rotatable bonds is 12. The lowest BCUT2D eigenvalue weighted by Crippen LogP contribution is -2.13. The van der Waals surface area contributed by atoms with Crippen molar-refractivity contribution >= 4 is 16.7 Å². The highest BCUT2D eigenvalue weighted by Crippen LogP contribution is 2.28. The van der Waals surface area contributed by atoms with Crippen LogP contribution in [-0.2, 0) is 19.0 Å². The van der Waals surface area contributed by atoms with Gasteiger partial charge < -0.3 is 23.7 Å². The Morgan fingerprint density at radius 2 is 1.73 bits per heavy atom. The Kier molecular flexibility index (Phi) is 8.45. The van der Waals surface area contributed by atoms with Gasteiger partial charge in [-0.1, -0.05) is 18.7 Å². The van der Waals surface area contributed by atoms with E-state index in [0.29, 0.717) is 33.0 Å². The van der Waals surface area contributed by atoms with Gasteiger partial charge in [-0.3, -0.25) is 0 Å². The highest BCUT2D eigenvalue weighted by molar-refractivity contribution is 5.89. The molecule has 2 aromatic carbocycles. The predicted octanol–water partition coefficient (Wildman–Crippen LogP) is 2.99. The zero-order chi connectivity index (χ0) is 18.6. The zero-order valence-electron chi connectivity index (χ0n) is 14.9. The van der Waals surface area contributed by atoms with Crippen LogP contribution in [0.3, 0.4) is 0 Å². The summed E-state index contributed by atoms with van der Waals surface area (Å²) in [5, 5.41) is 2.11. The summed E-state index contributed by atoms with van der Waals surface area (Å²) in [5.74, 6) is 1.18. The van der Waals surface area contributed by atoms with Crippen LogP contribution in [0.1, 0.15) is 0 Å². The van der Waals surface area contributed by atoms with Crippen LogP contribution in [0.25, 0.3) is 10.8 Å². The van der Waals surface area contributed by atoms with Crippen LogP contribution in [0.4, 0.5) is 0 Å². The Balaban J connectivity index is 1.58. The van der Waals surface area contributed by atoms with Crippen LogP contribution in [0.5, 0.6) is 11.5 Å². The third-order valence-electron chi connectivity index (χ3n) is 3.54. The molecule has 6 heteroatoms. The fourth-order valence-corrected chi connectivity index (χ4v) is 2.30. The summed E-state index contributed by atoms with van der Waals surface area (Å²) in [6.45, 7) is 5.65. The fourth-order valence-electron chi connectivity index (χ4n) is 2.30. The zero-order valence-corrected chi connectivity index (χ0v) is 14.9. The molecule has 0 saturated carbocycles. The molecule has 0 aromatic heterocycles. The lowest BCUT2D eigenvalue weighted by molar-refractivity contribution is -0.139. The molecule has 2 aromatic rings. The van der Waals surface area contributed by atoms with E-state index in [1.807, 2.05) is 36.4 Å². The number of carbonyl (C=O) groups excluding carboxylic acids is 1. The van der Waals surface area contributed by atoms with E-state index in [0.717, 1.165) is 28.3 Å². The molecule has 0 spiro atoms. The van der Waals surface area contributed by atoms with Gasteiger partial charge >= 0.3 is 5.97 Å². The summed E-state index contributed by atoms with van der Waals surface area (Å²) in [7, 11) is 1.66.